The summed E-state index contributed by atoms with van der Waals surface area (Å²) in [6.07, 6.45) is 0. The van der Waals surface area contributed by atoms with Crippen molar-refractivity contribution >= 4 is 34.6 Å². The van der Waals surface area contributed by atoms with Crippen molar-refractivity contribution < 1.29 is 14.6 Å². The highest BCUT2D eigenvalue weighted by Gasteiger charge is 2.12. The number of hydrazone groups is 1. The Morgan fingerprint density at radius 2 is 2.15 bits per heavy atom. The largest absolute Gasteiger partial charge is 0.504 e. The third-order valence-corrected chi connectivity index (χ3v) is 4.84. The van der Waals surface area contributed by atoms with Crippen molar-refractivity contribution in [2.45, 2.75) is 6.92 Å². The maximum atomic E-state index is 12.2. The number of aromatic nitrogens is 2. The van der Waals surface area contributed by atoms with Crippen molar-refractivity contribution in [2.75, 3.05) is 7.11 Å². The van der Waals surface area contributed by atoms with E-state index in [0.717, 1.165) is 4.88 Å². The number of phenols is 1. The quantitative estimate of drug-likeness (QED) is 0.457. The van der Waals surface area contributed by atoms with Gasteiger partial charge >= 0.3 is 0 Å². The lowest BCUT2D eigenvalue weighted by Crippen LogP contribution is -2.19. The van der Waals surface area contributed by atoms with E-state index >= 15 is 0 Å². The Hall–Kier alpha value is -2.84. The molecule has 0 fully saturated rings. The van der Waals surface area contributed by atoms with Crippen LogP contribution in [-0.4, -0.2) is 34.0 Å². The van der Waals surface area contributed by atoms with Gasteiger partial charge in [0.25, 0.3) is 5.91 Å². The van der Waals surface area contributed by atoms with E-state index in [2.05, 4.69) is 20.7 Å². The number of benzene rings is 1. The Kier molecular flexibility index (Phi) is 5.24. The molecule has 134 valence electrons. The molecule has 3 rings (SSSR count). The fourth-order valence-electron chi connectivity index (χ4n) is 2.18. The average Bonchev–Trinajstić information content (AvgIpc) is 3.28. The van der Waals surface area contributed by atoms with Crippen molar-refractivity contribution in [3.05, 3.63) is 52.0 Å². The number of H-pyrrole nitrogens is 1. The molecule has 9 heteroatoms. The normalized spacial score (nSPS) is 11.4. The monoisotopic (exact) mass is 390 g/mol. The molecule has 2 heterocycles. The summed E-state index contributed by atoms with van der Waals surface area (Å²) in [5, 5.41) is 20.5. The van der Waals surface area contributed by atoms with Crippen LogP contribution in [0.3, 0.4) is 0 Å². The number of nitrogens with one attached hydrogen (secondary N) is 2. The summed E-state index contributed by atoms with van der Waals surface area (Å²) >= 11 is 7.31. The molecular weight excluding hydrogens is 376 g/mol. The van der Waals surface area contributed by atoms with Gasteiger partial charge in [0.1, 0.15) is 0 Å². The van der Waals surface area contributed by atoms with E-state index in [1.54, 1.807) is 31.2 Å². The van der Waals surface area contributed by atoms with Crippen molar-refractivity contribution in [2.24, 2.45) is 5.10 Å². The molecule has 0 saturated heterocycles. The lowest BCUT2D eigenvalue weighted by molar-refractivity contribution is 0.0950. The zero-order valence-corrected chi connectivity index (χ0v) is 15.5. The standard InChI is InChI=1S/C17H15ClN4O3S/c1-9(10-3-4-13(23)14(7-10)25-2)19-22-17(24)12-8-11(20-21-12)15-5-6-16(18)26-15/h3-8,23H,1-2H3,(H,20,21)(H,22,24)/b19-9+. The molecule has 0 spiro atoms. The van der Waals surface area contributed by atoms with Crippen molar-refractivity contribution in [3.8, 4) is 22.1 Å². The number of carbonyl (C=O) groups excluding carboxylic acids is 1. The lowest BCUT2D eigenvalue weighted by Gasteiger charge is -2.06. The van der Waals surface area contributed by atoms with Crippen LogP contribution in [0.5, 0.6) is 11.5 Å². The summed E-state index contributed by atoms with van der Waals surface area (Å²) in [5.74, 6) is -0.0824. The van der Waals surface area contributed by atoms with Gasteiger partial charge in [-0.05, 0) is 43.3 Å². The highest BCUT2D eigenvalue weighted by Crippen LogP contribution is 2.30. The second-order valence-corrected chi connectivity index (χ2v) is 7.01. The molecule has 0 aliphatic carbocycles. The van der Waals surface area contributed by atoms with Crippen LogP contribution in [0.2, 0.25) is 4.34 Å². The summed E-state index contributed by atoms with van der Waals surface area (Å²) in [6.45, 7) is 1.73. The third-order valence-electron chi connectivity index (χ3n) is 3.57. The van der Waals surface area contributed by atoms with Gasteiger partial charge in [0, 0.05) is 5.56 Å². The number of methoxy groups -OCH3 is 1. The van der Waals surface area contributed by atoms with E-state index in [1.165, 1.54) is 24.5 Å². The number of aromatic hydroxyl groups is 1. The maximum absolute atomic E-state index is 12.2. The SMILES string of the molecule is COc1cc(/C(C)=N/NC(=O)c2cc(-c3ccc(Cl)s3)[nH]n2)ccc1O. The number of ether oxygens (including phenoxy) is 1. The smallest absolute Gasteiger partial charge is 0.291 e. The summed E-state index contributed by atoms with van der Waals surface area (Å²) < 4.78 is 5.72. The van der Waals surface area contributed by atoms with Crippen LogP contribution in [-0.2, 0) is 0 Å². The van der Waals surface area contributed by atoms with Gasteiger partial charge in [-0.3, -0.25) is 9.89 Å². The van der Waals surface area contributed by atoms with Gasteiger partial charge in [-0.25, -0.2) is 5.43 Å². The summed E-state index contributed by atoms with van der Waals surface area (Å²) in [4.78, 5) is 13.1. The first-order valence-electron chi connectivity index (χ1n) is 7.51. The molecular formula is C17H15ClN4O3S. The number of phenolic OH excluding ortho intramolecular Hbond substituents is 1. The van der Waals surface area contributed by atoms with Crippen molar-refractivity contribution in [3.63, 3.8) is 0 Å². The van der Waals surface area contributed by atoms with E-state index in [-0.39, 0.29) is 11.4 Å². The summed E-state index contributed by atoms with van der Waals surface area (Å²) in [6, 6.07) is 10.1. The van der Waals surface area contributed by atoms with Gasteiger partial charge in [0.15, 0.2) is 17.2 Å². The molecule has 1 amide bonds. The van der Waals surface area contributed by atoms with Crippen molar-refractivity contribution in [1.29, 1.82) is 0 Å². The van der Waals surface area contributed by atoms with Gasteiger partial charge in [-0.1, -0.05) is 11.6 Å². The minimum absolute atomic E-state index is 0.0332. The predicted molar refractivity (Wildman–Crippen MR) is 101 cm³/mol. The molecule has 3 aromatic rings. The number of aromatic amines is 1. The topological polar surface area (TPSA) is 99.6 Å². The van der Waals surface area contributed by atoms with Gasteiger partial charge < -0.3 is 9.84 Å². The van der Waals surface area contributed by atoms with Crippen LogP contribution in [0, 0.1) is 0 Å². The molecule has 26 heavy (non-hydrogen) atoms. The maximum Gasteiger partial charge on any atom is 0.291 e. The average molecular weight is 391 g/mol. The van der Waals surface area contributed by atoms with Crippen LogP contribution in [0.1, 0.15) is 23.0 Å². The second-order valence-electron chi connectivity index (χ2n) is 5.30. The number of amides is 1. The zero-order chi connectivity index (χ0) is 18.7. The minimum atomic E-state index is -0.444. The summed E-state index contributed by atoms with van der Waals surface area (Å²) in [5.41, 5.74) is 4.63. The summed E-state index contributed by atoms with van der Waals surface area (Å²) in [7, 11) is 1.46. The Morgan fingerprint density at radius 3 is 2.85 bits per heavy atom. The van der Waals surface area contributed by atoms with Crippen LogP contribution in [0.4, 0.5) is 0 Å². The molecule has 0 aliphatic rings. The number of rotatable bonds is 5. The van der Waals surface area contributed by atoms with Crippen LogP contribution >= 0.6 is 22.9 Å². The zero-order valence-electron chi connectivity index (χ0n) is 13.9. The first kappa shape index (κ1) is 18.0. The van der Waals surface area contributed by atoms with Gasteiger partial charge in [-0.15, -0.1) is 11.3 Å². The number of carbonyl (C=O) groups is 1. The molecule has 1 aromatic carbocycles. The fraction of sp³-hybridized carbons (Fsp3) is 0.118. The van der Waals surface area contributed by atoms with Crippen molar-refractivity contribution in [1.82, 2.24) is 15.6 Å². The van der Waals surface area contributed by atoms with Crippen LogP contribution in [0.15, 0.2) is 41.5 Å². The molecule has 0 unspecified atom stereocenters. The number of halogens is 1. The second kappa shape index (κ2) is 7.59. The Balaban J connectivity index is 1.72. The van der Waals surface area contributed by atoms with E-state index in [0.29, 0.717) is 27.1 Å². The van der Waals surface area contributed by atoms with Crippen LogP contribution < -0.4 is 10.2 Å². The molecule has 0 radical (unpaired) electrons. The molecule has 2 aromatic heterocycles. The Labute approximate surface area is 158 Å². The number of hydrogen-bond donors (Lipinski definition) is 3. The highest BCUT2D eigenvalue weighted by molar-refractivity contribution is 7.19. The third kappa shape index (κ3) is 3.87. The first-order chi connectivity index (χ1) is 12.5. The molecule has 0 aliphatic heterocycles. The van der Waals surface area contributed by atoms with Gasteiger partial charge in [-0.2, -0.15) is 10.2 Å². The lowest BCUT2D eigenvalue weighted by atomic mass is 10.1. The Morgan fingerprint density at radius 1 is 1.35 bits per heavy atom. The molecule has 0 atom stereocenters. The van der Waals surface area contributed by atoms with Gasteiger partial charge in [0.2, 0.25) is 0 Å². The number of hydrogen-bond acceptors (Lipinski definition) is 6. The van der Waals surface area contributed by atoms with E-state index in [9.17, 15) is 9.90 Å². The van der Waals surface area contributed by atoms with Crippen LogP contribution in [0.25, 0.3) is 10.6 Å². The minimum Gasteiger partial charge on any atom is -0.504 e. The van der Waals surface area contributed by atoms with E-state index in [1.807, 2.05) is 6.07 Å². The van der Waals surface area contributed by atoms with E-state index in [4.69, 9.17) is 16.3 Å². The highest BCUT2D eigenvalue weighted by atomic mass is 35.5. The number of nitrogens with zero attached hydrogens (tertiary/aromatic N) is 2. The molecule has 0 saturated carbocycles. The molecule has 7 nitrogen and oxygen atoms in total. The molecule has 3 N–H and O–H groups in total. The predicted octanol–water partition coefficient (Wildman–Crippen LogP) is 3.66. The number of thiophene rings is 1. The fourth-order valence-corrected chi connectivity index (χ4v) is 3.19. The van der Waals surface area contributed by atoms with Gasteiger partial charge in [0.05, 0.1) is 27.7 Å². The van der Waals surface area contributed by atoms with E-state index < -0.39 is 5.91 Å². The Bertz CT molecular complexity index is 980. The first-order valence-corrected chi connectivity index (χ1v) is 8.70. The molecule has 0 bridgehead atoms.